The fourth-order valence-corrected chi connectivity index (χ4v) is 3.25. The van der Waals surface area contributed by atoms with Crippen LogP contribution in [0.3, 0.4) is 0 Å². The van der Waals surface area contributed by atoms with Gasteiger partial charge in [-0.2, -0.15) is 0 Å². The van der Waals surface area contributed by atoms with Gasteiger partial charge in [0.1, 0.15) is 6.17 Å². The fourth-order valence-electron chi connectivity index (χ4n) is 3.25. The van der Waals surface area contributed by atoms with E-state index in [0.29, 0.717) is 0 Å². The van der Waals surface area contributed by atoms with Crippen LogP contribution in [0.25, 0.3) is 0 Å². The van der Waals surface area contributed by atoms with Crippen LogP contribution in [0, 0.1) is 10.1 Å². The third-order valence-electron chi connectivity index (χ3n) is 4.45. The molecule has 5 nitrogen and oxygen atoms in total. The van der Waals surface area contributed by atoms with Crippen molar-refractivity contribution in [1.29, 1.82) is 0 Å². The Kier molecular flexibility index (Phi) is 3.91. The minimum Gasteiger partial charge on any atom is -0.366 e. The van der Waals surface area contributed by atoms with E-state index in [1.54, 1.807) is 12.1 Å². The van der Waals surface area contributed by atoms with Gasteiger partial charge in [-0.1, -0.05) is 60.7 Å². The molecule has 0 bridgehead atoms. The van der Waals surface area contributed by atoms with Gasteiger partial charge in [0.25, 0.3) is 5.69 Å². The van der Waals surface area contributed by atoms with E-state index >= 15 is 0 Å². The molecule has 0 saturated heterocycles. The van der Waals surface area contributed by atoms with Crippen molar-refractivity contribution in [3.8, 4) is 0 Å². The van der Waals surface area contributed by atoms with Gasteiger partial charge in [-0.05, 0) is 22.8 Å². The lowest BCUT2D eigenvalue weighted by molar-refractivity contribution is -0.384. The summed E-state index contributed by atoms with van der Waals surface area (Å²) in [6, 6.07) is 25.1. The van der Waals surface area contributed by atoms with Crippen LogP contribution in [0.1, 0.15) is 28.9 Å². The summed E-state index contributed by atoms with van der Waals surface area (Å²) in [7, 11) is 0. The van der Waals surface area contributed by atoms with E-state index < -0.39 is 0 Å². The second-order valence-electron chi connectivity index (χ2n) is 6.03. The highest BCUT2D eigenvalue weighted by atomic mass is 16.6. The number of benzene rings is 3. The van der Waals surface area contributed by atoms with E-state index in [9.17, 15) is 10.1 Å². The average Bonchev–Trinajstić information content (AvgIpc) is 2.68. The number of hydrogen-bond acceptors (Lipinski definition) is 4. The molecule has 1 heterocycles. The standard InChI is InChI=1S/C20H17N3O2/c24-23(25)16-10-6-9-15(13-16)20-21-18-12-5-4-11-17(18)19(22-20)14-7-2-1-3-8-14/h1-13,19-22H/t19-,20-/m0/s1. The molecule has 0 aromatic heterocycles. The lowest BCUT2D eigenvalue weighted by atomic mass is 9.93. The molecule has 2 atom stereocenters. The van der Waals surface area contributed by atoms with E-state index in [1.807, 2.05) is 42.5 Å². The van der Waals surface area contributed by atoms with Crippen molar-refractivity contribution in [3.05, 3.63) is 106 Å². The molecule has 5 heteroatoms. The summed E-state index contributed by atoms with van der Waals surface area (Å²) < 4.78 is 0. The summed E-state index contributed by atoms with van der Waals surface area (Å²) in [5.41, 5.74) is 4.29. The molecule has 0 unspecified atom stereocenters. The Bertz CT molecular complexity index is 912. The number of nitrogens with zero attached hydrogens (tertiary/aromatic N) is 1. The first kappa shape index (κ1) is 15.4. The van der Waals surface area contributed by atoms with Crippen LogP contribution in [0.15, 0.2) is 78.9 Å². The predicted octanol–water partition coefficient (Wildman–Crippen LogP) is 4.40. The molecule has 1 aliphatic heterocycles. The van der Waals surface area contributed by atoms with Crippen molar-refractivity contribution in [2.45, 2.75) is 12.2 Å². The summed E-state index contributed by atoms with van der Waals surface area (Å²) >= 11 is 0. The summed E-state index contributed by atoms with van der Waals surface area (Å²) in [5, 5.41) is 18.1. The van der Waals surface area contributed by atoms with Gasteiger partial charge < -0.3 is 5.32 Å². The SMILES string of the molecule is O=[N+]([O-])c1cccc([C@H]2Nc3ccccc3[C@H](c3ccccc3)N2)c1. The molecule has 3 aromatic carbocycles. The average molecular weight is 331 g/mol. The Morgan fingerprint density at radius 2 is 1.56 bits per heavy atom. The molecule has 0 aliphatic carbocycles. The summed E-state index contributed by atoms with van der Waals surface area (Å²) in [4.78, 5) is 10.7. The zero-order valence-electron chi connectivity index (χ0n) is 13.4. The predicted molar refractivity (Wildman–Crippen MR) is 97.3 cm³/mol. The minimum absolute atomic E-state index is 0.0166. The topological polar surface area (TPSA) is 67.2 Å². The maximum atomic E-state index is 11.1. The summed E-state index contributed by atoms with van der Waals surface area (Å²) in [6.45, 7) is 0. The molecule has 0 radical (unpaired) electrons. The van der Waals surface area contributed by atoms with Gasteiger partial charge in [-0.25, -0.2) is 0 Å². The Morgan fingerprint density at radius 1 is 0.840 bits per heavy atom. The largest absolute Gasteiger partial charge is 0.366 e. The maximum Gasteiger partial charge on any atom is 0.269 e. The molecule has 0 saturated carbocycles. The van der Waals surface area contributed by atoms with Crippen molar-refractivity contribution in [2.75, 3.05) is 5.32 Å². The lowest BCUT2D eigenvalue weighted by Crippen LogP contribution is -2.37. The van der Waals surface area contributed by atoms with Gasteiger partial charge in [0.05, 0.1) is 11.0 Å². The molecule has 1 aliphatic rings. The van der Waals surface area contributed by atoms with E-state index in [4.69, 9.17) is 0 Å². The van der Waals surface area contributed by atoms with Gasteiger partial charge in [0.15, 0.2) is 0 Å². The van der Waals surface area contributed by atoms with Crippen LogP contribution in [0.2, 0.25) is 0 Å². The highest BCUT2D eigenvalue weighted by molar-refractivity contribution is 5.59. The van der Waals surface area contributed by atoms with E-state index in [-0.39, 0.29) is 22.8 Å². The smallest absolute Gasteiger partial charge is 0.269 e. The molecule has 2 N–H and O–H groups in total. The zero-order valence-corrected chi connectivity index (χ0v) is 13.4. The number of nitro groups is 1. The second-order valence-corrected chi connectivity index (χ2v) is 6.03. The maximum absolute atomic E-state index is 11.1. The normalized spacial score (nSPS) is 18.9. The van der Waals surface area contributed by atoms with Crippen molar-refractivity contribution >= 4 is 11.4 Å². The first-order valence-corrected chi connectivity index (χ1v) is 8.13. The van der Waals surface area contributed by atoms with Crippen LogP contribution in [-0.2, 0) is 0 Å². The van der Waals surface area contributed by atoms with Gasteiger partial charge in [0, 0.05) is 17.8 Å². The fraction of sp³-hybridized carbons (Fsp3) is 0.100. The van der Waals surface area contributed by atoms with Crippen molar-refractivity contribution in [1.82, 2.24) is 5.32 Å². The quantitative estimate of drug-likeness (QED) is 0.551. The Morgan fingerprint density at radius 3 is 2.36 bits per heavy atom. The van der Waals surface area contributed by atoms with E-state index in [0.717, 1.165) is 22.4 Å². The molecular formula is C20H17N3O2. The van der Waals surface area contributed by atoms with Crippen molar-refractivity contribution in [3.63, 3.8) is 0 Å². The molecule has 124 valence electrons. The Labute approximate surface area is 145 Å². The van der Waals surface area contributed by atoms with Gasteiger partial charge in [0.2, 0.25) is 0 Å². The number of nitrogens with one attached hydrogen (secondary N) is 2. The minimum atomic E-state index is -0.366. The van der Waals surface area contributed by atoms with Crippen LogP contribution in [0.4, 0.5) is 11.4 Å². The number of anilines is 1. The molecular weight excluding hydrogens is 314 g/mol. The number of fused-ring (bicyclic) bond motifs is 1. The number of rotatable bonds is 3. The van der Waals surface area contributed by atoms with Gasteiger partial charge >= 0.3 is 0 Å². The zero-order chi connectivity index (χ0) is 17.2. The summed E-state index contributed by atoms with van der Waals surface area (Å²) in [5.74, 6) is 0. The van der Waals surface area contributed by atoms with Crippen molar-refractivity contribution in [2.24, 2.45) is 0 Å². The highest BCUT2D eigenvalue weighted by Gasteiger charge is 2.28. The molecule has 0 fully saturated rings. The van der Waals surface area contributed by atoms with E-state index in [2.05, 4.69) is 28.8 Å². The number of non-ortho nitro benzene ring substituents is 1. The monoisotopic (exact) mass is 331 g/mol. The molecule has 3 aromatic rings. The second kappa shape index (κ2) is 6.37. The third-order valence-corrected chi connectivity index (χ3v) is 4.45. The van der Waals surface area contributed by atoms with Crippen LogP contribution in [-0.4, -0.2) is 4.92 Å². The molecule has 4 rings (SSSR count). The Balaban J connectivity index is 1.75. The van der Waals surface area contributed by atoms with Crippen LogP contribution < -0.4 is 10.6 Å². The van der Waals surface area contributed by atoms with Crippen LogP contribution >= 0.6 is 0 Å². The molecule has 25 heavy (non-hydrogen) atoms. The first-order valence-electron chi connectivity index (χ1n) is 8.13. The Hall–Kier alpha value is -3.18. The number of para-hydroxylation sites is 1. The van der Waals surface area contributed by atoms with Gasteiger partial charge in [-0.3, -0.25) is 15.4 Å². The van der Waals surface area contributed by atoms with Gasteiger partial charge in [-0.15, -0.1) is 0 Å². The lowest BCUT2D eigenvalue weighted by Gasteiger charge is -2.35. The number of hydrogen-bond donors (Lipinski definition) is 2. The third kappa shape index (κ3) is 2.97. The highest BCUT2D eigenvalue weighted by Crippen LogP contribution is 2.36. The summed E-state index contributed by atoms with van der Waals surface area (Å²) in [6.07, 6.45) is -0.208. The van der Waals surface area contributed by atoms with Crippen LogP contribution in [0.5, 0.6) is 0 Å². The molecule has 0 spiro atoms. The number of nitro benzene ring substituents is 1. The first-order chi connectivity index (χ1) is 12.2. The molecule has 0 amide bonds. The van der Waals surface area contributed by atoms with E-state index in [1.165, 1.54) is 6.07 Å². The van der Waals surface area contributed by atoms with Crippen molar-refractivity contribution < 1.29 is 4.92 Å².